The van der Waals surface area contributed by atoms with Gasteiger partial charge in [-0.25, -0.2) is 4.98 Å². The van der Waals surface area contributed by atoms with Gasteiger partial charge in [0.25, 0.3) is 5.91 Å². The summed E-state index contributed by atoms with van der Waals surface area (Å²) in [7, 11) is 1.56. The van der Waals surface area contributed by atoms with Crippen LogP contribution in [0.3, 0.4) is 0 Å². The molecule has 3 aromatic carbocycles. The molecule has 0 atom stereocenters. The van der Waals surface area contributed by atoms with Gasteiger partial charge in [-0.1, -0.05) is 36.4 Å². The zero-order valence-electron chi connectivity index (χ0n) is 16.2. The number of nitrogens with zero attached hydrogens (tertiary/aromatic N) is 1. The Labute approximate surface area is 168 Å². The number of carbonyl (C=O) groups is 1. The highest BCUT2D eigenvalue weighted by molar-refractivity contribution is 5.93. The summed E-state index contributed by atoms with van der Waals surface area (Å²) in [5.41, 5.74) is 4.44. The third kappa shape index (κ3) is 4.06. The van der Waals surface area contributed by atoms with E-state index in [-0.39, 0.29) is 12.5 Å². The number of rotatable bonds is 6. The first-order valence-electron chi connectivity index (χ1n) is 9.25. The Kier molecular flexibility index (Phi) is 5.16. The average Bonchev–Trinajstić information content (AvgIpc) is 3.18. The second kappa shape index (κ2) is 8.06. The molecular weight excluding hydrogens is 366 g/mol. The van der Waals surface area contributed by atoms with Gasteiger partial charge in [-0.3, -0.25) is 4.79 Å². The number of ether oxygens (including phenoxy) is 2. The van der Waals surface area contributed by atoms with Crippen molar-refractivity contribution in [2.24, 2.45) is 0 Å². The molecule has 0 aliphatic carbocycles. The van der Waals surface area contributed by atoms with Crippen molar-refractivity contribution in [3.8, 4) is 22.9 Å². The molecule has 6 heteroatoms. The van der Waals surface area contributed by atoms with Gasteiger partial charge in [-0.05, 0) is 42.8 Å². The Balaban J connectivity index is 1.49. The van der Waals surface area contributed by atoms with E-state index in [1.165, 1.54) is 0 Å². The lowest BCUT2D eigenvalue weighted by atomic mass is 10.1. The van der Waals surface area contributed by atoms with Crippen molar-refractivity contribution < 1.29 is 14.3 Å². The average molecular weight is 387 g/mol. The van der Waals surface area contributed by atoms with Crippen LogP contribution >= 0.6 is 0 Å². The fraction of sp³-hybridized carbons (Fsp3) is 0.130. The molecule has 0 aliphatic heterocycles. The smallest absolute Gasteiger partial charge is 0.262 e. The molecule has 1 heterocycles. The predicted octanol–water partition coefficient (Wildman–Crippen LogP) is 4.56. The number of hydrogen-bond acceptors (Lipinski definition) is 4. The predicted molar refractivity (Wildman–Crippen MR) is 113 cm³/mol. The quantitative estimate of drug-likeness (QED) is 0.508. The van der Waals surface area contributed by atoms with Crippen LogP contribution in [0.1, 0.15) is 5.56 Å². The molecule has 0 radical (unpaired) electrons. The second-order valence-corrected chi connectivity index (χ2v) is 6.62. The Morgan fingerprint density at radius 2 is 1.79 bits per heavy atom. The molecule has 6 nitrogen and oxygen atoms in total. The third-order valence-electron chi connectivity index (χ3n) is 4.60. The standard InChI is InChI=1S/C23H21N3O3/c1-15-11-12-16(23-25-17-7-3-4-8-18(17)26-23)13-19(15)24-22(27)14-29-21-10-6-5-9-20(21)28-2/h3-13H,14H2,1-2H3,(H,24,27)(H,25,26). The van der Waals surface area contributed by atoms with E-state index in [9.17, 15) is 4.79 Å². The van der Waals surface area contributed by atoms with E-state index in [2.05, 4.69) is 15.3 Å². The molecule has 0 bridgehead atoms. The summed E-state index contributed by atoms with van der Waals surface area (Å²) in [6.07, 6.45) is 0. The Hall–Kier alpha value is -3.80. The van der Waals surface area contributed by atoms with Gasteiger partial charge >= 0.3 is 0 Å². The number of methoxy groups -OCH3 is 1. The summed E-state index contributed by atoms with van der Waals surface area (Å²) in [4.78, 5) is 20.4. The van der Waals surface area contributed by atoms with Crippen LogP contribution < -0.4 is 14.8 Å². The highest BCUT2D eigenvalue weighted by atomic mass is 16.5. The molecular formula is C23H21N3O3. The zero-order valence-corrected chi connectivity index (χ0v) is 16.2. The van der Waals surface area contributed by atoms with E-state index in [0.717, 1.165) is 33.7 Å². The Morgan fingerprint density at radius 1 is 1.03 bits per heavy atom. The molecule has 0 fully saturated rings. The molecule has 29 heavy (non-hydrogen) atoms. The van der Waals surface area contributed by atoms with Crippen LogP contribution in [0.25, 0.3) is 22.4 Å². The Bertz CT molecular complexity index is 1130. The van der Waals surface area contributed by atoms with E-state index in [4.69, 9.17) is 9.47 Å². The Morgan fingerprint density at radius 3 is 2.59 bits per heavy atom. The van der Waals surface area contributed by atoms with Crippen LogP contribution in [0, 0.1) is 6.92 Å². The van der Waals surface area contributed by atoms with Gasteiger partial charge in [-0.2, -0.15) is 0 Å². The SMILES string of the molecule is COc1ccccc1OCC(=O)Nc1cc(-c2nc3ccccc3[nH]2)ccc1C. The minimum absolute atomic E-state index is 0.116. The van der Waals surface area contributed by atoms with Gasteiger partial charge in [0.2, 0.25) is 0 Å². The van der Waals surface area contributed by atoms with Crippen LogP contribution in [0.4, 0.5) is 5.69 Å². The van der Waals surface area contributed by atoms with E-state index in [0.29, 0.717) is 11.5 Å². The fourth-order valence-corrected chi connectivity index (χ4v) is 3.06. The van der Waals surface area contributed by atoms with E-state index in [1.54, 1.807) is 19.2 Å². The van der Waals surface area contributed by atoms with Crippen LogP contribution in [0.15, 0.2) is 66.7 Å². The van der Waals surface area contributed by atoms with Crippen LogP contribution in [0.2, 0.25) is 0 Å². The molecule has 2 N–H and O–H groups in total. The van der Waals surface area contributed by atoms with Gasteiger partial charge in [0.1, 0.15) is 5.82 Å². The molecule has 0 unspecified atom stereocenters. The van der Waals surface area contributed by atoms with E-state index in [1.807, 2.05) is 61.5 Å². The second-order valence-electron chi connectivity index (χ2n) is 6.62. The van der Waals surface area contributed by atoms with E-state index < -0.39 is 0 Å². The normalized spacial score (nSPS) is 10.7. The molecule has 0 spiro atoms. The van der Waals surface area contributed by atoms with Gasteiger partial charge in [-0.15, -0.1) is 0 Å². The number of hydrogen-bond donors (Lipinski definition) is 2. The fourth-order valence-electron chi connectivity index (χ4n) is 3.06. The van der Waals surface area contributed by atoms with Crippen molar-refractivity contribution in [1.29, 1.82) is 0 Å². The highest BCUT2D eigenvalue weighted by Gasteiger charge is 2.11. The van der Waals surface area contributed by atoms with Gasteiger partial charge in [0, 0.05) is 11.3 Å². The molecule has 1 amide bonds. The maximum atomic E-state index is 12.4. The first-order valence-corrected chi connectivity index (χ1v) is 9.25. The summed E-state index contributed by atoms with van der Waals surface area (Å²) in [6, 6.07) is 20.9. The minimum atomic E-state index is -0.249. The number of amides is 1. The number of nitrogens with one attached hydrogen (secondary N) is 2. The van der Waals surface area contributed by atoms with E-state index >= 15 is 0 Å². The molecule has 0 saturated heterocycles. The van der Waals surface area contributed by atoms with Crippen molar-refractivity contribution in [3.63, 3.8) is 0 Å². The van der Waals surface area contributed by atoms with Crippen molar-refractivity contribution >= 4 is 22.6 Å². The van der Waals surface area contributed by atoms with Crippen molar-refractivity contribution in [3.05, 3.63) is 72.3 Å². The lowest BCUT2D eigenvalue weighted by Crippen LogP contribution is -2.20. The number of fused-ring (bicyclic) bond motifs is 1. The lowest BCUT2D eigenvalue weighted by molar-refractivity contribution is -0.118. The van der Waals surface area contributed by atoms with Crippen LogP contribution in [0.5, 0.6) is 11.5 Å². The molecule has 146 valence electrons. The maximum absolute atomic E-state index is 12.4. The number of carbonyl (C=O) groups excluding carboxylic acids is 1. The van der Waals surface area contributed by atoms with Gasteiger partial charge in [0.15, 0.2) is 18.1 Å². The van der Waals surface area contributed by atoms with Crippen LogP contribution in [-0.2, 0) is 4.79 Å². The van der Waals surface area contributed by atoms with Crippen LogP contribution in [-0.4, -0.2) is 29.6 Å². The van der Waals surface area contributed by atoms with Crippen molar-refractivity contribution in [1.82, 2.24) is 9.97 Å². The topological polar surface area (TPSA) is 76.2 Å². The molecule has 0 saturated carbocycles. The third-order valence-corrected chi connectivity index (χ3v) is 4.60. The monoisotopic (exact) mass is 387 g/mol. The summed E-state index contributed by atoms with van der Waals surface area (Å²) in [6.45, 7) is 1.83. The van der Waals surface area contributed by atoms with Gasteiger partial charge < -0.3 is 19.8 Å². The summed E-state index contributed by atoms with van der Waals surface area (Å²) >= 11 is 0. The number of aryl methyl sites for hydroxylation is 1. The number of benzene rings is 3. The number of H-pyrrole nitrogens is 1. The molecule has 4 rings (SSSR count). The summed E-state index contributed by atoms with van der Waals surface area (Å²) in [5, 5.41) is 2.92. The first-order chi connectivity index (χ1) is 14.1. The molecule has 4 aromatic rings. The maximum Gasteiger partial charge on any atom is 0.262 e. The number of aromatic nitrogens is 2. The number of imidazole rings is 1. The number of anilines is 1. The zero-order chi connectivity index (χ0) is 20.2. The van der Waals surface area contributed by atoms with Crippen molar-refractivity contribution in [2.75, 3.05) is 19.0 Å². The highest BCUT2D eigenvalue weighted by Crippen LogP contribution is 2.27. The van der Waals surface area contributed by atoms with Crippen molar-refractivity contribution in [2.45, 2.75) is 6.92 Å². The lowest BCUT2D eigenvalue weighted by Gasteiger charge is -2.12. The minimum Gasteiger partial charge on any atom is -0.493 e. The number of aromatic amines is 1. The number of para-hydroxylation sites is 4. The summed E-state index contributed by atoms with van der Waals surface area (Å²) in [5.74, 6) is 1.62. The largest absolute Gasteiger partial charge is 0.493 e. The first kappa shape index (κ1) is 18.6. The summed E-state index contributed by atoms with van der Waals surface area (Å²) < 4.78 is 10.8. The van der Waals surface area contributed by atoms with Gasteiger partial charge in [0.05, 0.1) is 18.1 Å². The molecule has 0 aliphatic rings. The molecule has 1 aromatic heterocycles.